The van der Waals surface area contributed by atoms with Crippen LogP contribution in [0.1, 0.15) is 6.92 Å². The first-order valence-electron chi connectivity index (χ1n) is 4.11. The molecule has 1 aliphatic carbocycles. The first-order chi connectivity index (χ1) is 7.50. The Labute approximate surface area is 92.4 Å². The van der Waals surface area contributed by atoms with Crippen LogP contribution in [0.4, 0.5) is 43.9 Å². The van der Waals surface area contributed by atoms with Crippen molar-refractivity contribution in [2.24, 2.45) is 0 Å². The molecule has 0 radical (unpaired) electrons. The average molecular weight is 294 g/mol. The van der Waals surface area contributed by atoms with E-state index < -0.39 is 42.1 Å². The molecular formula is C7H4F10O. The number of halogens is 10. The van der Waals surface area contributed by atoms with Gasteiger partial charge in [-0.25, -0.2) is 8.78 Å². The second kappa shape index (κ2) is 3.05. The molecule has 0 aromatic carbocycles. The molecule has 1 fully saturated rings. The van der Waals surface area contributed by atoms with Gasteiger partial charge in [0.05, 0.1) is 0 Å². The third-order valence-corrected chi connectivity index (χ3v) is 2.81. The van der Waals surface area contributed by atoms with Gasteiger partial charge in [0.15, 0.2) is 0 Å². The second-order valence-corrected chi connectivity index (χ2v) is 3.92. The van der Waals surface area contributed by atoms with Gasteiger partial charge in [-0.3, -0.25) is 0 Å². The lowest BCUT2D eigenvalue weighted by Gasteiger charge is -2.52. The predicted octanol–water partition coefficient (Wildman–Crippen LogP) is 2.93. The fourth-order valence-corrected chi connectivity index (χ4v) is 1.40. The largest absolute Gasteiger partial charge is 0.384 e. The maximum absolute atomic E-state index is 13.1. The van der Waals surface area contributed by atoms with Crippen LogP contribution in [0, 0.1) is 0 Å². The maximum atomic E-state index is 13.1. The summed E-state index contributed by atoms with van der Waals surface area (Å²) < 4.78 is 127. The minimum Gasteiger partial charge on any atom is -0.354 e. The fraction of sp³-hybridized carbons (Fsp3) is 1.00. The van der Waals surface area contributed by atoms with Gasteiger partial charge in [-0.05, 0) is 6.92 Å². The molecule has 0 heterocycles. The SMILES string of the molecule is CC1(F)C(O)(F)C(F)(F)C(F)(F)C(F)(F)C1(F)F. The molecule has 0 spiro atoms. The van der Waals surface area contributed by atoms with Crippen molar-refractivity contribution < 1.29 is 49.0 Å². The summed E-state index contributed by atoms with van der Waals surface area (Å²) in [5, 5.41) is 8.25. The smallest absolute Gasteiger partial charge is 0.354 e. The van der Waals surface area contributed by atoms with E-state index in [2.05, 4.69) is 0 Å². The van der Waals surface area contributed by atoms with Gasteiger partial charge in [0.25, 0.3) is 0 Å². The Hall–Kier alpha value is -0.740. The molecule has 0 aromatic heterocycles. The molecule has 0 bridgehead atoms. The first-order valence-corrected chi connectivity index (χ1v) is 4.11. The van der Waals surface area contributed by atoms with Crippen molar-refractivity contribution in [3.8, 4) is 0 Å². The highest BCUT2D eigenvalue weighted by Gasteiger charge is 2.99. The van der Waals surface area contributed by atoms with Gasteiger partial charge in [0, 0.05) is 0 Å². The summed E-state index contributed by atoms with van der Waals surface area (Å²) in [6.45, 7) is -0.857. The quantitative estimate of drug-likeness (QED) is 0.681. The average Bonchev–Trinajstić information content (AvgIpc) is 2.14. The monoisotopic (exact) mass is 294 g/mol. The van der Waals surface area contributed by atoms with Crippen LogP contribution in [0.2, 0.25) is 0 Å². The van der Waals surface area contributed by atoms with Crippen LogP contribution in [0.25, 0.3) is 0 Å². The third-order valence-electron chi connectivity index (χ3n) is 2.81. The van der Waals surface area contributed by atoms with Crippen LogP contribution in [0.3, 0.4) is 0 Å². The molecule has 2 unspecified atom stereocenters. The summed E-state index contributed by atoms with van der Waals surface area (Å²) in [7, 11) is 0. The van der Waals surface area contributed by atoms with Gasteiger partial charge >= 0.3 is 29.5 Å². The van der Waals surface area contributed by atoms with Crippen LogP contribution in [0.15, 0.2) is 0 Å². The first kappa shape index (κ1) is 15.3. The van der Waals surface area contributed by atoms with E-state index in [4.69, 9.17) is 5.11 Å². The summed E-state index contributed by atoms with van der Waals surface area (Å²) in [4.78, 5) is 0. The Balaban J connectivity index is 3.72. The zero-order chi connectivity index (χ0) is 15.0. The van der Waals surface area contributed by atoms with E-state index in [0.717, 1.165) is 0 Å². The Morgan fingerprint density at radius 2 is 0.833 bits per heavy atom. The molecule has 18 heavy (non-hydrogen) atoms. The topological polar surface area (TPSA) is 20.2 Å². The van der Waals surface area contributed by atoms with Crippen LogP contribution in [0.5, 0.6) is 0 Å². The molecule has 1 rings (SSSR count). The standard InChI is InChI=1S/C7H4F10O/c1-2(8)3(9,10)4(11,12)5(13,14)6(15,16)7(2,17)18/h18H,1H3. The number of hydrogen-bond acceptors (Lipinski definition) is 1. The molecule has 0 aromatic rings. The highest BCUT2D eigenvalue weighted by Crippen LogP contribution is 2.67. The van der Waals surface area contributed by atoms with Gasteiger partial charge < -0.3 is 5.11 Å². The zero-order valence-corrected chi connectivity index (χ0v) is 8.23. The number of alkyl halides is 10. The molecule has 1 saturated carbocycles. The lowest BCUT2D eigenvalue weighted by Crippen LogP contribution is -2.84. The summed E-state index contributed by atoms with van der Waals surface area (Å²) >= 11 is 0. The van der Waals surface area contributed by atoms with Crippen molar-refractivity contribution in [1.82, 2.24) is 0 Å². The molecule has 1 aliphatic rings. The fourth-order valence-electron chi connectivity index (χ4n) is 1.40. The van der Waals surface area contributed by atoms with Crippen LogP contribution >= 0.6 is 0 Å². The van der Waals surface area contributed by atoms with Gasteiger partial charge in [-0.15, -0.1) is 0 Å². The molecule has 2 atom stereocenters. The predicted molar refractivity (Wildman–Crippen MR) is 35.4 cm³/mol. The van der Waals surface area contributed by atoms with E-state index >= 15 is 0 Å². The van der Waals surface area contributed by atoms with Gasteiger partial charge in [0.1, 0.15) is 0 Å². The van der Waals surface area contributed by atoms with E-state index in [1.165, 1.54) is 0 Å². The third kappa shape index (κ3) is 1.09. The Morgan fingerprint density at radius 1 is 0.556 bits per heavy atom. The van der Waals surface area contributed by atoms with Crippen LogP contribution in [-0.4, -0.2) is 40.3 Å². The molecule has 0 saturated heterocycles. The van der Waals surface area contributed by atoms with E-state index in [1.54, 1.807) is 0 Å². The van der Waals surface area contributed by atoms with Crippen molar-refractivity contribution in [2.75, 3.05) is 0 Å². The lowest BCUT2D eigenvalue weighted by atomic mass is 9.72. The maximum Gasteiger partial charge on any atom is 0.384 e. The van der Waals surface area contributed by atoms with Crippen molar-refractivity contribution in [2.45, 2.75) is 42.1 Å². The zero-order valence-electron chi connectivity index (χ0n) is 8.23. The van der Waals surface area contributed by atoms with Crippen molar-refractivity contribution in [3.05, 3.63) is 0 Å². The number of rotatable bonds is 0. The molecule has 11 heteroatoms. The molecule has 1 N–H and O–H groups in total. The minimum absolute atomic E-state index is 0.857. The van der Waals surface area contributed by atoms with E-state index in [9.17, 15) is 43.9 Å². The van der Waals surface area contributed by atoms with E-state index in [-0.39, 0.29) is 0 Å². The van der Waals surface area contributed by atoms with Crippen LogP contribution in [-0.2, 0) is 0 Å². The van der Waals surface area contributed by atoms with Crippen LogP contribution < -0.4 is 0 Å². The molecule has 1 nitrogen and oxygen atoms in total. The Bertz CT molecular complexity index is 253. The molecule has 0 amide bonds. The van der Waals surface area contributed by atoms with E-state index in [0.29, 0.717) is 0 Å². The molecule has 108 valence electrons. The van der Waals surface area contributed by atoms with E-state index in [1.807, 2.05) is 0 Å². The molecular weight excluding hydrogens is 290 g/mol. The van der Waals surface area contributed by atoms with Gasteiger partial charge in [-0.1, -0.05) is 0 Å². The molecule has 0 aliphatic heterocycles. The summed E-state index contributed by atoms with van der Waals surface area (Å²) in [5.41, 5.74) is -5.63. The highest BCUT2D eigenvalue weighted by molar-refractivity contribution is 5.24. The lowest BCUT2D eigenvalue weighted by molar-refractivity contribution is -0.495. The van der Waals surface area contributed by atoms with Gasteiger partial charge in [-0.2, -0.15) is 35.1 Å². The van der Waals surface area contributed by atoms with Crippen molar-refractivity contribution in [3.63, 3.8) is 0 Å². The highest BCUT2D eigenvalue weighted by atomic mass is 19.4. The Kier molecular flexibility index (Phi) is 2.59. The van der Waals surface area contributed by atoms with Crippen molar-refractivity contribution >= 4 is 0 Å². The summed E-state index contributed by atoms with van der Waals surface area (Å²) in [6.07, 6.45) is 0. The summed E-state index contributed by atoms with van der Waals surface area (Å²) in [5.74, 6) is -33.4. The second-order valence-electron chi connectivity index (χ2n) is 3.92. The summed E-state index contributed by atoms with van der Waals surface area (Å²) in [6, 6.07) is 0. The minimum atomic E-state index is -6.99. The van der Waals surface area contributed by atoms with Gasteiger partial charge in [0.2, 0.25) is 5.67 Å². The Morgan fingerprint density at radius 3 is 1.17 bits per heavy atom. The number of aliphatic hydroxyl groups is 1. The number of hydrogen-bond donors (Lipinski definition) is 1. The van der Waals surface area contributed by atoms with Crippen molar-refractivity contribution in [1.29, 1.82) is 0 Å². The normalized spacial score (nSPS) is 44.7.